The van der Waals surface area contributed by atoms with Crippen LogP contribution in [0.4, 0.5) is 0 Å². The van der Waals surface area contributed by atoms with E-state index in [9.17, 15) is 9.90 Å². The minimum Gasteiger partial charge on any atom is -0.478 e. The third-order valence-electron chi connectivity index (χ3n) is 1.33. The van der Waals surface area contributed by atoms with E-state index in [4.69, 9.17) is 5.11 Å². The lowest BCUT2D eigenvalue weighted by molar-refractivity contribution is -0.131. The monoisotopic (exact) mass is 187 g/mol. The molecule has 0 saturated heterocycles. The molecular weight excluding hydrogens is 170 g/mol. The quantitative estimate of drug-likeness (QED) is 0.544. The molecule has 4 heteroatoms. The van der Waals surface area contributed by atoms with Gasteiger partial charge < -0.3 is 15.5 Å². The van der Waals surface area contributed by atoms with Gasteiger partial charge in [0.05, 0.1) is 5.60 Å². The number of rotatable bonds is 5. The summed E-state index contributed by atoms with van der Waals surface area (Å²) in [6.07, 6.45) is 1.15. The average molecular weight is 187 g/mol. The number of hydrogen-bond donors (Lipinski definition) is 3. The molecule has 0 aromatic rings. The van der Waals surface area contributed by atoms with Crippen LogP contribution >= 0.6 is 0 Å². The van der Waals surface area contributed by atoms with Gasteiger partial charge in [-0.05, 0) is 20.8 Å². The number of carboxylic acid groups (broad SMARTS) is 1. The van der Waals surface area contributed by atoms with Crippen molar-refractivity contribution in [3.63, 3.8) is 0 Å². The molecule has 0 aromatic carbocycles. The maximum absolute atomic E-state index is 10.2. The largest absolute Gasteiger partial charge is 0.478 e. The molecule has 0 bridgehead atoms. The van der Waals surface area contributed by atoms with E-state index in [-0.39, 0.29) is 0 Å². The Bertz CT molecular complexity index is 203. The summed E-state index contributed by atoms with van der Waals surface area (Å²) in [6.45, 7) is 6.03. The summed E-state index contributed by atoms with van der Waals surface area (Å²) in [5.41, 5.74) is -0.0273. The summed E-state index contributed by atoms with van der Waals surface area (Å²) in [6, 6.07) is 0. The Balaban J connectivity index is 3.72. The molecule has 13 heavy (non-hydrogen) atoms. The van der Waals surface area contributed by atoms with Crippen molar-refractivity contribution in [2.24, 2.45) is 0 Å². The van der Waals surface area contributed by atoms with Crippen molar-refractivity contribution in [3.8, 4) is 0 Å². The van der Waals surface area contributed by atoms with Crippen molar-refractivity contribution in [1.29, 1.82) is 0 Å². The molecule has 0 aliphatic carbocycles. The highest BCUT2D eigenvalue weighted by atomic mass is 16.4. The Labute approximate surface area is 78.3 Å². The molecular formula is C9H17NO3. The van der Waals surface area contributed by atoms with E-state index in [1.807, 2.05) is 0 Å². The number of carbonyl (C=O) groups is 1. The Morgan fingerprint density at radius 3 is 2.46 bits per heavy atom. The van der Waals surface area contributed by atoms with Crippen LogP contribution in [0.25, 0.3) is 0 Å². The molecule has 0 aliphatic heterocycles. The predicted octanol–water partition coefficient (Wildman–Crippen LogP) is 0.378. The smallest absolute Gasteiger partial charge is 0.328 e. The number of hydrogen-bond acceptors (Lipinski definition) is 3. The fourth-order valence-corrected chi connectivity index (χ4v) is 0.827. The van der Waals surface area contributed by atoms with Crippen molar-refractivity contribution in [2.75, 3.05) is 13.1 Å². The van der Waals surface area contributed by atoms with Crippen LogP contribution in [0, 0.1) is 0 Å². The van der Waals surface area contributed by atoms with E-state index >= 15 is 0 Å². The second-order valence-corrected chi connectivity index (χ2v) is 3.74. The molecule has 0 aromatic heterocycles. The first-order chi connectivity index (χ1) is 5.81. The third-order valence-corrected chi connectivity index (χ3v) is 1.33. The van der Waals surface area contributed by atoms with E-state index in [1.54, 1.807) is 20.8 Å². The second-order valence-electron chi connectivity index (χ2n) is 3.74. The van der Waals surface area contributed by atoms with Crippen LogP contribution < -0.4 is 5.32 Å². The fraction of sp³-hybridized carbons (Fsp3) is 0.667. The second kappa shape index (κ2) is 4.99. The van der Waals surface area contributed by atoms with Gasteiger partial charge in [-0.25, -0.2) is 4.79 Å². The number of aliphatic carboxylic acids is 1. The standard InChI is InChI=1S/C9H17NO3/c1-7(4-8(11)12)5-10-6-9(2,3)13/h4,10,13H,5-6H2,1-3H3,(H,11,12). The van der Waals surface area contributed by atoms with Gasteiger partial charge in [0.2, 0.25) is 0 Å². The van der Waals surface area contributed by atoms with E-state index in [0.29, 0.717) is 13.1 Å². The van der Waals surface area contributed by atoms with Crippen LogP contribution in [0.15, 0.2) is 11.6 Å². The van der Waals surface area contributed by atoms with Gasteiger partial charge in [-0.1, -0.05) is 5.57 Å². The van der Waals surface area contributed by atoms with E-state index in [0.717, 1.165) is 11.6 Å². The zero-order valence-corrected chi connectivity index (χ0v) is 8.29. The van der Waals surface area contributed by atoms with Crippen LogP contribution in [0.1, 0.15) is 20.8 Å². The first kappa shape index (κ1) is 12.1. The predicted molar refractivity (Wildman–Crippen MR) is 50.6 cm³/mol. The highest BCUT2D eigenvalue weighted by molar-refractivity contribution is 5.80. The van der Waals surface area contributed by atoms with Gasteiger partial charge in [-0.2, -0.15) is 0 Å². The van der Waals surface area contributed by atoms with Gasteiger partial charge in [-0.3, -0.25) is 0 Å². The van der Waals surface area contributed by atoms with Gasteiger partial charge in [0.15, 0.2) is 0 Å². The fourth-order valence-electron chi connectivity index (χ4n) is 0.827. The molecule has 0 fully saturated rings. The SMILES string of the molecule is CC(=CC(=O)O)CNCC(C)(C)O. The normalized spacial score (nSPS) is 13.1. The van der Waals surface area contributed by atoms with E-state index in [1.165, 1.54) is 0 Å². The molecule has 0 heterocycles. The van der Waals surface area contributed by atoms with Crippen LogP contribution in [0.3, 0.4) is 0 Å². The Hall–Kier alpha value is -0.870. The summed E-state index contributed by atoms with van der Waals surface area (Å²) in [5, 5.41) is 20.7. The first-order valence-electron chi connectivity index (χ1n) is 4.14. The lowest BCUT2D eigenvalue weighted by Gasteiger charge is -2.17. The maximum Gasteiger partial charge on any atom is 0.328 e. The molecule has 0 aliphatic rings. The number of carboxylic acids is 1. The molecule has 0 unspecified atom stereocenters. The minimum atomic E-state index is -0.942. The molecule has 0 spiro atoms. The highest BCUT2D eigenvalue weighted by Crippen LogP contribution is 1.98. The Morgan fingerprint density at radius 1 is 1.54 bits per heavy atom. The van der Waals surface area contributed by atoms with Gasteiger partial charge >= 0.3 is 5.97 Å². The number of nitrogens with one attached hydrogen (secondary N) is 1. The summed E-state index contributed by atoms with van der Waals surface area (Å²) >= 11 is 0. The zero-order chi connectivity index (χ0) is 10.5. The van der Waals surface area contributed by atoms with Crippen LogP contribution in [0.5, 0.6) is 0 Å². The average Bonchev–Trinajstić information content (AvgIpc) is 1.81. The van der Waals surface area contributed by atoms with Gasteiger partial charge in [-0.15, -0.1) is 0 Å². The van der Waals surface area contributed by atoms with E-state index < -0.39 is 11.6 Å². The highest BCUT2D eigenvalue weighted by Gasteiger charge is 2.10. The zero-order valence-electron chi connectivity index (χ0n) is 8.29. The molecule has 3 N–H and O–H groups in total. The van der Waals surface area contributed by atoms with Crippen molar-refractivity contribution in [2.45, 2.75) is 26.4 Å². The molecule has 0 radical (unpaired) electrons. The summed E-state index contributed by atoms with van der Waals surface area (Å²) in [4.78, 5) is 10.2. The first-order valence-corrected chi connectivity index (χ1v) is 4.14. The molecule has 0 atom stereocenters. The lowest BCUT2D eigenvalue weighted by Crippen LogP contribution is -2.35. The van der Waals surface area contributed by atoms with Gasteiger partial charge in [0.25, 0.3) is 0 Å². The van der Waals surface area contributed by atoms with Crippen molar-refractivity contribution < 1.29 is 15.0 Å². The molecule has 4 nitrogen and oxygen atoms in total. The molecule has 0 rings (SSSR count). The summed E-state index contributed by atoms with van der Waals surface area (Å²) < 4.78 is 0. The topological polar surface area (TPSA) is 69.6 Å². The molecule has 0 saturated carbocycles. The van der Waals surface area contributed by atoms with Crippen LogP contribution in [-0.4, -0.2) is 34.9 Å². The maximum atomic E-state index is 10.2. The lowest BCUT2D eigenvalue weighted by atomic mass is 10.1. The van der Waals surface area contributed by atoms with Crippen molar-refractivity contribution in [1.82, 2.24) is 5.32 Å². The summed E-state index contributed by atoms with van der Waals surface area (Å²) in [7, 11) is 0. The van der Waals surface area contributed by atoms with Crippen molar-refractivity contribution in [3.05, 3.63) is 11.6 Å². The Morgan fingerprint density at radius 2 is 2.08 bits per heavy atom. The van der Waals surface area contributed by atoms with Crippen LogP contribution in [0.2, 0.25) is 0 Å². The van der Waals surface area contributed by atoms with Crippen LogP contribution in [-0.2, 0) is 4.79 Å². The van der Waals surface area contributed by atoms with Crippen molar-refractivity contribution >= 4 is 5.97 Å². The third kappa shape index (κ3) is 9.04. The van der Waals surface area contributed by atoms with E-state index in [2.05, 4.69) is 5.32 Å². The van der Waals surface area contributed by atoms with Gasteiger partial charge in [0, 0.05) is 19.2 Å². The van der Waals surface area contributed by atoms with Gasteiger partial charge in [0.1, 0.15) is 0 Å². The number of aliphatic hydroxyl groups is 1. The Kier molecular flexibility index (Phi) is 4.66. The minimum absolute atomic E-state index is 0.442. The molecule has 76 valence electrons. The summed E-state index contributed by atoms with van der Waals surface area (Å²) in [5.74, 6) is -0.942. The molecule has 0 amide bonds.